The van der Waals surface area contributed by atoms with Gasteiger partial charge in [-0.05, 0) is 60.4 Å². The maximum Gasteiger partial charge on any atom is 0.302 e. The molecule has 212 valence electrons. The molecule has 1 aliphatic rings. The molecule has 0 aliphatic carbocycles. The standard InChI is InChI=1S/C32H33N3O6/c1-7-41-25-14-11-19(16-22(25)32(2,3)4)28(36)26-27(18-9-8-10-20(15-18)39-5)35(30(38)29(26)37)31-33-23-13-12-21(40-6)17-24(23)34-31/h8-17,27,36H,7H2,1-6H3,(H,33,34)/b28-26+. The number of hydrogen-bond acceptors (Lipinski definition) is 7. The number of imidazole rings is 1. The van der Waals surface area contributed by atoms with E-state index in [9.17, 15) is 14.7 Å². The van der Waals surface area contributed by atoms with Crippen LogP contribution in [0.3, 0.4) is 0 Å². The van der Waals surface area contributed by atoms with Gasteiger partial charge in [0.25, 0.3) is 5.78 Å². The number of Topliss-reactive ketones (excluding diaryl/α,β-unsaturated/α-hetero) is 1. The third-order valence-corrected chi connectivity index (χ3v) is 7.12. The van der Waals surface area contributed by atoms with E-state index in [1.807, 2.05) is 33.8 Å². The molecule has 1 aromatic heterocycles. The predicted molar refractivity (Wildman–Crippen MR) is 157 cm³/mol. The number of aliphatic hydroxyl groups is 1. The first-order valence-electron chi connectivity index (χ1n) is 13.3. The average Bonchev–Trinajstić information content (AvgIpc) is 3.49. The number of nitrogens with one attached hydrogen (secondary N) is 1. The van der Waals surface area contributed by atoms with Crippen molar-refractivity contribution in [3.8, 4) is 17.2 Å². The van der Waals surface area contributed by atoms with Gasteiger partial charge in [-0.2, -0.15) is 0 Å². The number of anilines is 1. The van der Waals surface area contributed by atoms with Gasteiger partial charge in [0, 0.05) is 17.2 Å². The van der Waals surface area contributed by atoms with Gasteiger partial charge < -0.3 is 24.3 Å². The molecule has 0 radical (unpaired) electrons. The van der Waals surface area contributed by atoms with Crippen LogP contribution in [0.25, 0.3) is 16.8 Å². The van der Waals surface area contributed by atoms with Crippen LogP contribution in [0.15, 0.2) is 66.2 Å². The third kappa shape index (κ3) is 4.99. The van der Waals surface area contributed by atoms with Gasteiger partial charge in [-0.1, -0.05) is 32.9 Å². The summed E-state index contributed by atoms with van der Waals surface area (Å²) in [4.78, 5) is 36.4. The highest BCUT2D eigenvalue weighted by Gasteiger charge is 2.48. The Labute approximate surface area is 238 Å². The molecule has 0 spiro atoms. The number of ether oxygens (including phenoxy) is 3. The van der Waals surface area contributed by atoms with Crippen molar-refractivity contribution in [2.24, 2.45) is 0 Å². The van der Waals surface area contributed by atoms with Crippen LogP contribution in [-0.2, 0) is 15.0 Å². The lowest BCUT2D eigenvalue weighted by atomic mass is 9.84. The zero-order chi connectivity index (χ0) is 29.5. The van der Waals surface area contributed by atoms with E-state index in [4.69, 9.17) is 14.2 Å². The second kappa shape index (κ2) is 10.6. The maximum atomic E-state index is 13.7. The summed E-state index contributed by atoms with van der Waals surface area (Å²) >= 11 is 0. The molecule has 4 aromatic rings. The largest absolute Gasteiger partial charge is 0.507 e. The molecule has 41 heavy (non-hydrogen) atoms. The van der Waals surface area contributed by atoms with E-state index in [-0.39, 0.29) is 22.7 Å². The molecule has 1 unspecified atom stereocenters. The molecule has 0 saturated carbocycles. The van der Waals surface area contributed by atoms with Crippen molar-refractivity contribution in [2.75, 3.05) is 25.7 Å². The zero-order valence-electron chi connectivity index (χ0n) is 23.9. The van der Waals surface area contributed by atoms with Gasteiger partial charge in [-0.25, -0.2) is 4.98 Å². The molecule has 1 fully saturated rings. The number of rotatable bonds is 7. The van der Waals surface area contributed by atoms with Crippen LogP contribution in [-0.4, -0.2) is 47.6 Å². The lowest BCUT2D eigenvalue weighted by Crippen LogP contribution is -2.30. The topological polar surface area (TPSA) is 114 Å². The van der Waals surface area contributed by atoms with Crippen LogP contribution in [0.4, 0.5) is 5.95 Å². The lowest BCUT2D eigenvalue weighted by molar-refractivity contribution is -0.132. The molecule has 2 N–H and O–H groups in total. The smallest absolute Gasteiger partial charge is 0.302 e. The van der Waals surface area contributed by atoms with Crippen molar-refractivity contribution in [3.63, 3.8) is 0 Å². The van der Waals surface area contributed by atoms with Gasteiger partial charge >= 0.3 is 5.91 Å². The summed E-state index contributed by atoms with van der Waals surface area (Å²) in [5, 5.41) is 11.7. The number of carbonyl (C=O) groups is 2. The molecule has 9 heteroatoms. The molecule has 0 bridgehead atoms. The Hall–Kier alpha value is -4.79. The monoisotopic (exact) mass is 555 g/mol. The number of aliphatic hydroxyl groups excluding tert-OH is 1. The van der Waals surface area contributed by atoms with E-state index in [0.29, 0.717) is 46.0 Å². The number of H-pyrrole nitrogens is 1. The number of fused-ring (bicyclic) bond motifs is 1. The SMILES string of the molecule is CCOc1ccc(/C(O)=C2\C(=O)C(=O)N(c3nc4ccc(OC)cc4[nH]3)C2c2cccc(OC)c2)cc1C(C)(C)C. The minimum Gasteiger partial charge on any atom is -0.507 e. The van der Waals surface area contributed by atoms with Crippen molar-refractivity contribution in [1.82, 2.24) is 9.97 Å². The van der Waals surface area contributed by atoms with Crippen molar-refractivity contribution < 1.29 is 28.9 Å². The molecular weight excluding hydrogens is 522 g/mol. The summed E-state index contributed by atoms with van der Waals surface area (Å²) in [5.41, 5.74) is 2.70. The molecule has 3 aromatic carbocycles. The maximum absolute atomic E-state index is 13.7. The van der Waals surface area contributed by atoms with Crippen molar-refractivity contribution in [3.05, 3.63) is 82.9 Å². The average molecular weight is 556 g/mol. The summed E-state index contributed by atoms with van der Waals surface area (Å²) in [7, 11) is 3.10. The number of carbonyl (C=O) groups excluding carboxylic acids is 2. The van der Waals surface area contributed by atoms with Gasteiger partial charge in [-0.15, -0.1) is 0 Å². The first kappa shape index (κ1) is 27.8. The number of nitrogens with zero attached hydrogens (tertiary/aromatic N) is 2. The first-order chi connectivity index (χ1) is 19.6. The van der Waals surface area contributed by atoms with E-state index in [1.54, 1.807) is 61.7 Å². The molecule has 1 amide bonds. The van der Waals surface area contributed by atoms with Crippen LogP contribution < -0.4 is 19.1 Å². The van der Waals surface area contributed by atoms with E-state index < -0.39 is 17.7 Å². The van der Waals surface area contributed by atoms with Crippen molar-refractivity contribution in [2.45, 2.75) is 39.2 Å². The minimum atomic E-state index is -0.975. The fourth-order valence-corrected chi connectivity index (χ4v) is 5.09. The van der Waals surface area contributed by atoms with Gasteiger partial charge in [-0.3, -0.25) is 14.5 Å². The summed E-state index contributed by atoms with van der Waals surface area (Å²) in [5.74, 6) is 0.100. The van der Waals surface area contributed by atoms with Gasteiger partial charge in [0.2, 0.25) is 5.95 Å². The Morgan fingerprint density at radius 1 is 1.00 bits per heavy atom. The van der Waals surface area contributed by atoms with Crippen molar-refractivity contribution in [1.29, 1.82) is 0 Å². The number of aromatic amines is 1. The summed E-state index contributed by atoms with van der Waals surface area (Å²) in [6, 6.07) is 16.7. The zero-order valence-corrected chi connectivity index (χ0v) is 23.9. The Morgan fingerprint density at radius 2 is 1.73 bits per heavy atom. The van der Waals surface area contributed by atoms with Gasteiger partial charge in [0.15, 0.2) is 0 Å². The second-order valence-electron chi connectivity index (χ2n) is 10.8. The molecule has 9 nitrogen and oxygen atoms in total. The summed E-state index contributed by atoms with van der Waals surface area (Å²) in [6.07, 6.45) is 0. The Morgan fingerprint density at radius 3 is 2.41 bits per heavy atom. The van der Waals surface area contributed by atoms with E-state index in [0.717, 1.165) is 5.56 Å². The third-order valence-electron chi connectivity index (χ3n) is 7.12. The molecule has 5 rings (SSSR count). The molecule has 1 saturated heterocycles. The summed E-state index contributed by atoms with van der Waals surface area (Å²) < 4.78 is 16.6. The molecule has 1 atom stereocenters. The number of ketones is 1. The van der Waals surface area contributed by atoms with E-state index >= 15 is 0 Å². The normalized spacial score (nSPS) is 16.8. The fourth-order valence-electron chi connectivity index (χ4n) is 5.09. The number of amides is 1. The summed E-state index contributed by atoms with van der Waals surface area (Å²) in [6.45, 7) is 8.52. The lowest BCUT2D eigenvalue weighted by Gasteiger charge is -2.25. The number of aromatic nitrogens is 2. The van der Waals surface area contributed by atoms with Crippen LogP contribution in [0.1, 0.15) is 50.4 Å². The van der Waals surface area contributed by atoms with Crippen LogP contribution in [0.5, 0.6) is 17.2 Å². The number of benzene rings is 3. The highest BCUT2D eigenvalue weighted by atomic mass is 16.5. The van der Waals surface area contributed by atoms with Gasteiger partial charge in [0.05, 0.1) is 43.5 Å². The van der Waals surface area contributed by atoms with Gasteiger partial charge in [0.1, 0.15) is 23.0 Å². The van der Waals surface area contributed by atoms with Crippen LogP contribution in [0.2, 0.25) is 0 Å². The van der Waals surface area contributed by atoms with Crippen molar-refractivity contribution >= 4 is 34.4 Å². The Bertz CT molecular complexity index is 1680. The fraction of sp³-hybridized carbons (Fsp3) is 0.281. The molecule has 1 aliphatic heterocycles. The molecular formula is C32H33N3O6. The number of hydrogen-bond donors (Lipinski definition) is 2. The second-order valence-corrected chi connectivity index (χ2v) is 10.8. The van der Waals surface area contributed by atoms with Crippen LogP contribution >= 0.6 is 0 Å². The predicted octanol–water partition coefficient (Wildman–Crippen LogP) is 5.90. The Balaban J connectivity index is 1.73. The van der Waals surface area contributed by atoms with E-state index in [1.165, 1.54) is 12.0 Å². The van der Waals surface area contributed by atoms with Crippen LogP contribution in [0, 0.1) is 0 Å². The quantitative estimate of drug-likeness (QED) is 0.166. The first-order valence-corrected chi connectivity index (χ1v) is 13.3. The number of methoxy groups -OCH3 is 2. The Kier molecular flexibility index (Phi) is 7.21. The minimum absolute atomic E-state index is 0.0506. The highest BCUT2D eigenvalue weighted by Crippen LogP contribution is 2.43. The molecule has 2 heterocycles. The van der Waals surface area contributed by atoms with E-state index in [2.05, 4.69) is 9.97 Å². The highest BCUT2D eigenvalue weighted by molar-refractivity contribution is 6.51.